The van der Waals surface area contributed by atoms with E-state index in [1.165, 1.54) is 205 Å². The highest BCUT2D eigenvalue weighted by atomic mass is 31.2. The fraction of sp³-hybridized carbons (Fsp3) is 0.936. The molecule has 120 heavy (non-hydrogen) atoms. The number of phosphoric ester groups is 1. The molecule has 0 bridgehead atoms. The number of esters is 4. The van der Waals surface area contributed by atoms with Gasteiger partial charge in [-0.15, -0.1) is 0 Å². The molecule has 2 saturated heterocycles. The minimum absolute atomic E-state index is 0.00459. The van der Waals surface area contributed by atoms with Gasteiger partial charge in [0.1, 0.15) is 92.6 Å². The molecule has 3 fully saturated rings. The second-order valence-electron chi connectivity index (χ2n) is 35.2. The Balaban J connectivity index is 1.92. The van der Waals surface area contributed by atoms with Crippen LogP contribution in [0.2, 0.25) is 0 Å². The van der Waals surface area contributed by atoms with Crippen molar-refractivity contribution < 1.29 is 122 Å². The Morgan fingerprint density at radius 1 is 0.350 bits per heavy atom. The SMILES string of the molecule is CCCCCCCC/C=C\CCCCCC(=O)OCC1OC(OC2C(OC(=O)CCCCCCCCCCCCCCCCCC)C(O)C(O)C(OC3OC(CO)C(O)C(O)C3O)C2OP(=O)(O)OCC(COC(=O)CCCCCCCCCCCCCCCCCC)OC(=O)CCCCCCCCC(C)CCCCCCCC)C(O)C(O)C1O. The first-order chi connectivity index (χ1) is 58.1. The van der Waals surface area contributed by atoms with Crippen LogP contribution in [0.25, 0.3) is 0 Å². The average Bonchev–Trinajstić information content (AvgIpc) is 0.754. The molecule has 706 valence electrons. The lowest BCUT2D eigenvalue weighted by molar-refractivity contribution is -0.360. The van der Waals surface area contributed by atoms with Crippen molar-refractivity contribution in [3.63, 3.8) is 0 Å². The number of hydrogen-bond donors (Lipinski definition) is 10. The molecule has 0 amide bonds. The molecule has 0 aromatic heterocycles. The van der Waals surface area contributed by atoms with Gasteiger partial charge in [0, 0.05) is 25.7 Å². The van der Waals surface area contributed by atoms with Crippen molar-refractivity contribution in [1.29, 1.82) is 0 Å². The van der Waals surface area contributed by atoms with Gasteiger partial charge < -0.3 is 88.7 Å². The second kappa shape index (κ2) is 72.2. The van der Waals surface area contributed by atoms with Gasteiger partial charge in [0.25, 0.3) is 0 Å². The lowest BCUT2D eigenvalue weighted by Crippen LogP contribution is -2.70. The number of hydrogen-bond acceptors (Lipinski definition) is 24. The van der Waals surface area contributed by atoms with Gasteiger partial charge in [-0.2, -0.15) is 0 Å². The number of rotatable bonds is 79. The van der Waals surface area contributed by atoms with Crippen LogP contribution in [0.1, 0.15) is 426 Å². The zero-order valence-corrected chi connectivity index (χ0v) is 76.4. The molecule has 2 heterocycles. The first kappa shape index (κ1) is 111. The van der Waals surface area contributed by atoms with Gasteiger partial charge in [-0.1, -0.05) is 361 Å². The molecule has 3 aliphatic rings. The van der Waals surface area contributed by atoms with Crippen LogP contribution in [-0.4, -0.2) is 205 Å². The Hall–Kier alpha value is -2.79. The molecule has 3 rings (SSSR count). The summed E-state index contributed by atoms with van der Waals surface area (Å²) in [5.74, 6) is -2.29. The van der Waals surface area contributed by atoms with Crippen LogP contribution >= 0.6 is 7.82 Å². The van der Waals surface area contributed by atoms with Gasteiger partial charge in [0.05, 0.1) is 13.2 Å². The number of ether oxygens (including phenoxy) is 8. The van der Waals surface area contributed by atoms with Gasteiger partial charge in [-0.25, -0.2) is 4.57 Å². The molecule has 0 spiro atoms. The molecular weight excluding hydrogens is 1560 g/mol. The van der Waals surface area contributed by atoms with E-state index in [0.29, 0.717) is 44.4 Å². The van der Waals surface area contributed by atoms with E-state index in [9.17, 15) is 74.6 Å². The molecule has 0 aromatic carbocycles. The van der Waals surface area contributed by atoms with Gasteiger partial charge >= 0.3 is 31.7 Å². The summed E-state index contributed by atoms with van der Waals surface area (Å²) >= 11 is 0. The molecule has 10 N–H and O–H groups in total. The normalized spacial score (nSPS) is 25.0. The van der Waals surface area contributed by atoms with Crippen LogP contribution in [-0.2, 0) is 70.7 Å². The van der Waals surface area contributed by atoms with Gasteiger partial charge in [0.2, 0.25) is 0 Å². The maximum atomic E-state index is 14.9. The van der Waals surface area contributed by atoms with E-state index in [2.05, 4.69) is 46.8 Å². The van der Waals surface area contributed by atoms with Gasteiger partial charge in [-0.3, -0.25) is 28.2 Å². The third-order valence-corrected chi connectivity index (χ3v) is 25.2. The van der Waals surface area contributed by atoms with Crippen LogP contribution in [0.4, 0.5) is 0 Å². The minimum atomic E-state index is -5.81. The molecule has 26 heteroatoms. The van der Waals surface area contributed by atoms with Crippen LogP contribution in [0, 0.1) is 5.92 Å². The molecule has 1 aliphatic carbocycles. The summed E-state index contributed by atoms with van der Waals surface area (Å²) in [5, 5.41) is 102. The molecule has 2 aliphatic heterocycles. The number of aliphatic hydroxyl groups excluding tert-OH is 9. The number of allylic oxidation sites excluding steroid dienone is 2. The van der Waals surface area contributed by atoms with Crippen molar-refractivity contribution in [1.82, 2.24) is 0 Å². The smallest absolute Gasteiger partial charge is 0.463 e. The van der Waals surface area contributed by atoms with E-state index in [0.717, 1.165) is 122 Å². The topological polar surface area (TPSA) is 380 Å². The van der Waals surface area contributed by atoms with E-state index in [1.54, 1.807) is 0 Å². The first-order valence-corrected chi connectivity index (χ1v) is 50.3. The van der Waals surface area contributed by atoms with Crippen LogP contribution in [0.3, 0.4) is 0 Å². The monoisotopic (exact) mass is 1740 g/mol. The van der Waals surface area contributed by atoms with Crippen molar-refractivity contribution in [2.45, 2.75) is 530 Å². The van der Waals surface area contributed by atoms with E-state index >= 15 is 0 Å². The van der Waals surface area contributed by atoms with Crippen molar-refractivity contribution >= 4 is 31.7 Å². The first-order valence-electron chi connectivity index (χ1n) is 48.8. The number of phosphoric acid groups is 1. The molecule has 0 radical (unpaired) electrons. The summed E-state index contributed by atoms with van der Waals surface area (Å²) in [5.41, 5.74) is 0. The standard InChI is InChI=1S/C94H175O25P/c1-6-10-14-18-22-25-28-31-33-35-38-41-43-46-53-59-65-77(96)110-70-74(113-79(98)67-61-56-50-49-52-58-64-73(5)63-57-51-21-17-13-9-4)71-112-120(108,109)119-92-90(117-93-87(106)83(102)81(100)75(69-95)114-93)86(105)85(104)89(116-80(99)68-62-55-48-45-42-39-36-34-32-29-26-23-19-15-11-7-2)91(92)118-94-88(107)84(103)82(101)76(115-94)72-111-78(97)66-60-54-47-44-40-37-30-27-24-20-16-12-8-3/h37,40,73-76,81-95,100-107H,6-36,38-39,41-72H2,1-5H3,(H,108,109)/b40-37-. The highest BCUT2D eigenvalue weighted by Gasteiger charge is 2.60. The van der Waals surface area contributed by atoms with Crippen molar-refractivity contribution in [2.24, 2.45) is 5.92 Å². The van der Waals surface area contributed by atoms with Crippen LogP contribution in [0.15, 0.2) is 12.2 Å². The van der Waals surface area contributed by atoms with E-state index in [-0.39, 0.29) is 25.7 Å². The van der Waals surface area contributed by atoms with Crippen LogP contribution < -0.4 is 0 Å². The number of carbonyl (C=O) groups excluding carboxylic acids is 4. The summed E-state index contributed by atoms with van der Waals surface area (Å²) in [4.78, 5) is 66.6. The van der Waals surface area contributed by atoms with E-state index < -0.39 is 162 Å². The van der Waals surface area contributed by atoms with E-state index in [4.69, 9.17) is 46.9 Å². The molecule has 0 aromatic rings. The van der Waals surface area contributed by atoms with Crippen molar-refractivity contribution in [3.05, 3.63) is 12.2 Å². The summed E-state index contributed by atoms with van der Waals surface area (Å²) in [6.07, 6.45) is 30.5. The van der Waals surface area contributed by atoms with Crippen molar-refractivity contribution in [3.8, 4) is 0 Å². The Kier molecular flexibility index (Phi) is 67.0. The molecule has 1 saturated carbocycles. The fourth-order valence-corrected chi connectivity index (χ4v) is 17.3. The summed E-state index contributed by atoms with van der Waals surface area (Å²) in [7, 11) is -5.81. The predicted molar refractivity (Wildman–Crippen MR) is 467 cm³/mol. The summed E-state index contributed by atoms with van der Waals surface area (Å²) < 4.78 is 73.6. The molecule has 19 atom stereocenters. The maximum absolute atomic E-state index is 14.9. The third-order valence-electron chi connectivity index (χ3n) is 24.2. The zero-order chi connectivity index (χ0) is 87.6. The largest absolute Gasteiger partial charge is 0.472 e. The summed E-state index contributed by atoms with van der Waals surface area (Å²) in [6, 6.07) is 0. The lowest BCUT2D eigenvalue weighted by atomic mass is 9.84. The quantitative estimate of drug-likeness (QED) is 0.00889. The van der Waals surface area contributed by atoms with Gasteiger partial charge in [0.15, 0.2) is 24.8 Å². The fourth-order valence-electron chi connectivity index (χ4n) is 16.3. The van der Waals surface area contributed by atoms with Crippen molar-refractivity contribution in [2.75, 3.05) is 26.4 Å². The Labute approximate surface area is 724 Å². The Morgan fingerprint density at radius 2 is 0.675 bits per heavy atom. The highest BCUT2D eigenvalue weighted by molar-refractivity contribution is 7.47. The third kappa shape index (κ3) is 51.9. The molecule has 25 nitrogen and oxygen atoms in total. The number of carbonyl (C=O) groups is 4. The average molecular weight is 1740 g/mol. The maximum Gasteiger partial charge on any atom is 0.472 e. The summed E-state index contributed by atoms with van der Waals surface area (Å²) in [6.45, 7) is 7.95. The molecular formula is C94H175O25P. The number of unbranched alkanes of at least 4 members (excludes halogenated alkanes) is 49. The number of aliphatic hydroxyl groups is 9. The molecule has 19 unspecified atom stereocenters. The zero-order valence-electron chi connectivity index (χ0n) is 75.6. The van der Waals surface area contributed by atoms with Crippen LogP contribution in [0.5, 0.6) is 0 Å². The van der Waals surface area contributed by atoms with Gasteiger partial charge in [-0.05, 0) is 57.3 Å². The Morgan fingerprint density at radius 3 is 1.08 bits per heavy atom. The highest BCUT2D eigenvalue weighted by Crippen LogP contribution is 2.49. The second-order valence-corrected chi connectivity index (χ2v) is 36.6. The minimum Gasteiger partial charge on any atom is -0.463 e. The Bertz CT molecular complexity index is 2550. The predicted octanol–water partition coefficient (Wildman–Crippen LogP) is 18.6. The van der Waals surface area contributed by atoms with E-state index in [1.807, 2.05) is 0 Å². The lowest BCUT2D eigenvalue weighted by Gasteiger charge is -2.50.